The van der Waals surface area contributed by atoms with Gasteiger partial charge >= 0.3 is 0 Å². The summed E-state index contributed by atoms with van der Waals surface area (Å²) in [6, 6.07) is 5.39. The van der Waals surface area contributed by atoms with Crippen LogP contribution in [0.15, 0.2) is 29.3 Å². The van der Waals surface area contributed by atoms with Gasteiger partial charge in [-0.25, -0.2) is 5.48 Å². The number of Topliss-reactive ketones (excluding diaryl/α,β-unsaturated/α-hetero) is 1. The van der Waals surface area contributed by atoms with E-state index in [4.69, 9.17) is 16.2 Å². The van der Waals surface area contributed by atoms with Crippen molar-refractivity contribution in [2.75, 3.05) is 13.2 Å². The molecular formula is C27H42N6O6. The van der Waals surface area contributed by atoms with Crippen molar-refractivity contribution < 1.29 is 29.1 Å². The van der Waals surface area contributed by atoms with Crippen molar-refractivity contribution in [1.82, 2.24) is 16.1 Å². The smallest absolute Gasteiger partial charge is 0.247 e. The lowest BCUT2D eigenvalue weighted by Crippen LogP contribution is -2.54. The number of guanidine groups is 1. The maximum atomic E-state index is 13.6. The Labute approximate surface area is 229 Å². The van der Waals surface area contributed by atoms with Gasteiger partial charge in [-0.3, -0.25) is 29.4 Å². The summed E-state index contributed by atoms with van der Waals surface area (Å²) < 4.78 is 5.79. The minimum absolute atomic E-state index is 0.0543. The summed E-state index contributed by atoms with van der Waals surface area (Å²) in [5.74, 6) is -2.86. The molecule has 2 heterocycles. The predicted octanol–water partition coefficient (Wildman–Crippen LogP) is 0.798. The van der Waals surface area contributed by atoms with Gasteiger partial charge in [0.15, 0.2) is 11.7 Å². The zero-order valence-corrected chi connectivity index (χ0v) is 22.9. The largest absolute Gasteiger partial charge is 0.494 e. The van der Waals surface area contributed by atoms with Crippen molar-refractivity contribution in [1.29, 1.82) is 0 Å². The van der Waals surface area contributed by atoms with E-state index in [0.717, 1.165) is 5.56 Å². The number of aliphatic imine (C=N–C) groups is 1. The maximum absolute atomic E-state index is 13.6. The lowest BCUT2D eigenvalue weighted by Gasteiger charge is -2.29. The third-order valence-corrected chi connectivity index (χ3v) is 6.67. The van der Waals surface area contributed by atoms with Gasteiger partial charge in [0.25, 0.3) is 0 Å². The summed E-state index contributed by atoms with van der Waals surface area (Å²) >= 11 is 0. The molecule has 0 radical (unpaired) electrons. The van der Waals surface area contributed by atoms with E-state index in [9.17, 15) is 24.4 Å². The molecule has 4 atom stereocenters. The quantitative estimate of drug-likeness (QED) is 0.0813. The molecule has 0 aliphatic carbocycles. The van der Waals surface area contributed by atoms with Gasteiger partial charge in [0.1, 0.15) is 11.8 Å². The van der Waals surface area contributed by atoms with Crippen molar-refractivity contribution in [3.8, 4) is 5.75 Å². The van der Waals surface area contributed by atoms with Gasteiger partial charge in [0.05, 0.1) is 18.6 Å². The highest BCUT2D eigenvalue weighted by Gasteiger charge is 2.36. The molecule has 39 heavy (non-hydrogen) atoms. The number of nitrogens with zero attached hydrogens (tertiary/aromatic N) is 1. The second-order valence-electron chi connectivity index (χ2n) is 10.3. The highest BCUT2D eigenvalue weighted by molar-refractivity contribution is 5.94. The van der Waals surface area contributed by atoms with Crippen LogP contribution in [-0.2, 0) is 25.6 Å². The van der Waals surface area contributed by atoms with Gasteiger partial charge in [-0.05, 0) is 62.6 Å². The molecule has 0 spiro atoms. The van der Waals surface area contributed by atoms with Crippen LogP contribution in [0.25, 0.3) is 0 Å². The Morgan fingerprint density at radius 2 is 1.87 bits per heavy atom. The summed E-state index contributed by atoms with van der Waals surface area (Å²) in [4.78, 5) is 55.9. The lowest BCUT2D eigenvalue weighted by atomic mass is 9.81. The molecule has 1 aromatic carbocycles. The maximum Gasteiger partial charge on any atom is 0.247 e. The fourth-order valence-corrected chi connectivity index (χ4v) is 4.65. The molecule has 3 amide bonds. The van der Waals surface area contributed by atoms with E-state index in [1.807, 2.05) is 26.0 Å². The number of carbonyl (C=O) groups excluding carboxylic acids is 4. The summed E-state index contributed by atoms with van der Waals surface area (Å²) in [6.07, 6.45) is 2.09. The average molecular weight is 547 g/mol. The van der Waals surface area contributed by atoms with Crippen LogP contribution >= 0.6 is 0 Å². The van der Waals surface area contributed by atoms with Crippen LogP contribution in [0.5, 0.6) is 5.75 Å². The van der Waals surface area contributed by atoms with E-state index in [1.165, 1.54) is 6.92 Å². The molecule has 2 bridgehead atoms. The zero-order chi connectivity index (χ0) is 28.9. The third kappa shape index (κ3) is 10.5. The van der Waals surface area contributed by atoms with Crippen LogP contribution in [0.1, 0.15) is 58.4 Å². The van der Waals surface area contributed by atoms with Gasteiger partial charge < -0.3 is 26.8 Å². The first kappa shape index (κ1) is 31.5. The fourth-order valence-electron chi connectivity index (χ4n) is 4.65. The van der Waals surface area contributed by atoms with Gasteiger partial charge in [0.2, 0.25) is 17.7 Å². The van der Waals surface area contributed by atoms with Crippen molar-refractivity contribution in [2.24, 2.45) is 34.2 Å². The van der Waals surface area contributed by atoms with Gasteiger partial charge in [-0.1, -0.05) is 26.0 Å². The molecule has 2 aliphatic heterocycles. The van der Waals surface area contributed by atoms with Crippen molar-refractivity contribution >= 4 is 29.5 Å². The Morgan fingerprint density at radius 3 is 2.46 bits per heavy atom. The lowest BCUT2D eigenvalue weighted by molar-refractivity contribution is -0.142. The molecule has 0 unspecified atom stereocenters. The first-order chi connectivity index (χ1) is 18.5. The molecule has 0 saturated heterocycles. The number of benzene rings is 1. The van der Waals surface area contributed by atoms with E-state index in [1.54, 1.807) is 17.6 Å². The Hall–Kier alpha value is -3.67. The van der Waals surface area contributed by atoms with Gasteiger partial charge in [-0.2, -0.15) is 0 Å². The summed E-state index contributed by atoms with van der Waals surface area (Å²) in [5, 5.41) is 15.0. The Bertz CT molecular complexity index is 1010. The SMILES string of the molecule is CC(=O)[C@H](CCCN=C(N)N)NC(=O)[C@@H]1Cc2ccc(cc2)OCCC[C@H](C(=O)NO)[C@@H](CC(C)C)C(=O)N1. The Balaban J connectivity index is 2.35. The van der Waals surface area contributed by atoms with Crippen molar-refractivity contribution in [3.05, 3.63) is 29.8 Å². The van der Waals surface area contributed by atoms with Gasteiger partial charge in [-0.15, -0.1) is 0 Å². The van der Waals surface area contributed by atoms with Crippen LogP contribution < -0.4 is 32.3 Å². The Morgan fingerprint density at radius 1 is 1.18 bits per heavy atom. The van der Waals surface area contributed by atoms with E-state index >= 15 is 0 Å². The van der Waals surface area contributed by atoms with Crippen molar-refractivity contribution in [3.63, 3.8) is 0 Å². The third-order valence-electron chi connectivity index (χ3n) is 6.67. The number of ether oxygens (including phenoxy) is 1. The monoisotopic (exact) mass is 546 g/mol. The summed E-state index contributed by atoms with van der Waals surface area (Å²) in [5.41, 5.74) is 13.2. The zero-order valence-electron chi connectivity index (χ0n) is 22.9. The van der Waals surface area contributed by atoms with Crippen LogP contribution in [0.4, 0.5) is 0 Å². The topological polar surface area (TPSA) is 198 Å². The molecular weight excluding hydrogens is 504 g/mol. The molecule has 0 aromatic heterocycles. The molecule has 0 saturated carbocycles. The fraction of sp³-hybridized carbons (Fsp3) is 0.593. The molecule has 3 rings (SSSR count). The normalized spacial score (nSPS) is 20.6. The number of rotatable bonds is 10. The second kappa shape index (κ2) is 15.7. The summed E-state index contributed by atoms with van der Waals surface area (Å²) in [7, 11) is 0. The van der Waals surface area contributed by atoms with E-state index in [0.29, 0.717) is 51.0 Å². The number of hydrogen-bond acceptors (Lipinski definition) is 7. The first-order valence-electron chi connectivity index (χ1n) is 13.3. The van der Waals surface area contributed by atoms with Crippen LogP contribution in [0.3, 0.4) is 0 Å². The number of hydroxylamine groups is 1. The van der Waals surface area contributed by atoms with Crippen LogP contribution in [0, 0.1) is 17.8 Å². The number of carbonyl (C=O) groups is 4. The Kier molecular flexibility index (Phi) is 12.7. The highest BCUT2D eigenvalue weighted by Crippen LogP contribution is 2.27. The van der Waals surface area contributed by atoms with E-state index in [2.05, 4.69) is 15.6 Å². The van der Waals surface area contributed by atoms with Crippen LogP contribution in [-0.4, -0.2) is 59.9 Å². The molecule has 2 aliphatic rings. The second-order valence-corrected chi connectivity index (χ2v) is 10.3. The molecule has 1 aromatic rings. The highest BCUT2D eigenvalue weighted by atomic mass is 16.5. The number of nitrogens with two attached hydrogens (primary N) is 2. The standard InChI is InChI=1S/C27H42N6O6/c1-16(2)14-21-20(25(36)33-38)6-5-13-39-19-10-8-18(9-11-19)15-23(32-24(21)35)26(37)31-22(17(3)34)7-4-12-30-27(28)29/h8-11,16,20-23,38H,4-7,12-15H2,1-3H3,(H,31,37)(H,32,35)(H,33,36)(H4,28,29,30)/t20-,21+,22-,23-/m0/s1. The number of ketones is 1. The minimum Gasteiger partial charge on any atom is -0.494 e. The molecule has 216 valence electrons. The number of fused-ring (bicyclic) bond motifs is 11. The molecule has 8 N–H and O–H groups in total. The van der Waals surface area contributed by atoms with E-state index < -0.39 is 41.6 Å². The molecule has 12 heteroatoms. The summed E-state index contributed by atoms with van der Waals surface area (Å²) in [6.45, 7) is 5.89. The number of amides is 3. The predicted molar refractivity (Wildman–Crippen MR) is 146 cm³/mol. The minimum atomic E-state index is -1.01. The average Bonchev–Trinajstić information content (AvgIpc) is 2.88. The molecule has 0 fully saturated rings. The van der Waals surface area contributed by atoms with Crippen LogP contribution in [0.2, 0.25) is 0 Å². The number of hydrogen-bond donors (Lipinski definition) is 6. The first-order valence-corrected chi connectivity index (χ1v) is 13.3. The van der Waals surface area contributed by atoms with Crippen molar-refractivity contribution in [2.45, 2.75) is 71.4 Å². The molecule has 12 nitrogen and oxygen atoms in total. The number of nitrogens with one attached hydrogen (secondary N) is 3. The van der Waals surface area contributed by atoms with E-state index in [-0.39, 0.29) is 24.1 Å². The van der Waals surface area contributed by atoms with Gasteiger partial charge in [0, 0.05) is 18.9 Å².